The Kier molecular flexibility index (Phi) is 7.42. The summed E-state index contributed by atoms with van der Waals surface area (Å²) in [4.78, 5) is 6.01. The number of rotatable bonds is 5. The van der Waals surface area contributed by atoms with E-state index >= 15 is 0 Å². The van der Waals surface area contributed by atoms with Gasteiger partial charge in [0.2, 0.25) is 0 Å². The van der Waals surface area contributed by atoms with Crippen molar-refractivity contribution in [3.05, 3.63) is 55.0 Å². The summed E-state index contributed by atoms with van der Waals surface area (Å²) in [6, 6.07) is 2.90. The predicted molar refractivity (Wildman–Crippen MR) is 89.4 cm³/mol. The van der Waals surface area contributed by atoms with Crippen LogP contribution in [0.3, 0.4) is 0 Å². The van der Waals surface area contributed by atoms with Crippen molar-refractivity contribution in [2.75, 3.05) is 13.1 Å². The van der Waals surface area contributed by atoms with Gasteiger partial charge in [-0.15, -0.1) is 0 Å². The molecule has 0 saturated carbocycles. The van der Waals surface area contributed by atoms with Crippen molar-refractivity contribution in [2.24, 2.45) is 5.92 Å². The van der Waals surface area contributed by atoms with Gasteiger partial charge in [0.15, 0.2) is 0 Å². The zero-order valence-corrected chi connectivity index (χ0v) is 17.7. The summed E-state index contributed by atoms with van der Waals surface area (Å²) >= 11 is 0. The van der Waals surface area contributed by atoms with Crippen molar-refractivity contribution in [1.29, 1.82) is 0 Å². The first-order chi connectivity index (χ1) is 11.9. The van der Waals surface area contributed by atoms with Crippen LogP contribution in [0.15, 0.2) is 30.9 Å². The molecule has 26 heavy (non-hydrogen) atoms. The molecule has 1 aliphatic heterocycles. The van der Waals surface area contributed by atoms with Gasteiger partial charge < -0.3 is 12.0 Å². The SMILES string of the molecule is [CH2-]C1CCN([C@H](C)[C@](O)(Cn2cncn2)c2ccc(F)cc2F)CC1.[Y]. The quantitative estimate of drug-likeness (QED) is 0.729. The van der Waals surface area contributed by atoms with Gasteiger partial charge in [-0.3, -0.25) is 4.90 Å². The fourth-order valence-corrected chi connectivity index (χ4v) is 3.49. The summed E-state index contributed by atoms with van der Waals surface area (Å²) in [5, 5.41) is 15.5. The number of benzene rings is 1. The molecule has 2 atom stereocenters. The molecule has 1 fully saturated rings. The number of halogens is 2. The van der Waals surface area contributed by atoms with Crippen molar-refractivity contribution in [3.8, 4) is 0 Å². The summed E-state index contributed by atoms with van der Waals surface area (Å²) in [6.45, 7) is 7.53. The van der Waals surface area contributed by atoms with Crippen molar-refractivity contribution in [1.82, 2.24) is 19.7 Å². The van der Waals surface area contributed by atoms with Gasteiger partial charge in [-0.1, -0.05) is 18.9 Å². The second-order valence-electron chi connectivity index (χ2n) is 6.80. The van der Waals surface area contributed by atoms with Gasteiger partial charge in [0.25, 0.3) is 0 Å². The summed E-state index contributed by atoms with van der Waals surface area (Å²) in [7, 11) is 0. The largest absolute Gasteiger partial charge is 0.381 e. The Balaban J connectivity index is 0.00000243. The van der Waals surface area contributed by atoms with E-state index in [1.54, 1.807) is 0 Å². The normalized spacial score (nSPS) is 19.6. The van der Waals surface area contributed by atoms with Crippen molar-refractivity contribution < 1.29 is 46.6 Å². The fourth-order valence-electron chi connectivity index (χ4n) is 3.49. The van der Waals surface area contributed by atoms with Crippen LogP contribution >= 0.6 is 0 Å². The van der Waals surface area contributed by atoms with Crippen LogP contribution in [0, 0.1) is 24.5 Å². The number of piperidine rings is 1. The maximum absolute atomic E-state index is 14.5. The van der Waals surface area contributed by atoms with Gasteiger partial charge in [0, 0.05) is 50.4 Å². The van der Waals surface area contributed by atoms with Crippen LogP contribution in [0.5, 0.6) is 0 Å². The topological polar surface area (TPSA) is 54.2 Å². The van der Waals surface area contributed by atoms with Crippen molar-refractivity contribution in [3.63, 3.8) is 0 Å². The fraction of sp³-hybridized carbons (Fsp3) is 0.500. The Morgan fingerprint density at radius 1 is 1.35 bits per heavy atom. The summed E-state index contributed by atoms with van der Waals surface area (Å²) in [5.74, 6) is -1.04. The minimum Gasteiger partial charge on any atom is -0.381 e. The Morgan fingerprint density at radius 3 is 2.62 bits per heavy atom. The second kappa shape index (κ2) is 8.96. The molecule has 1 aliphatic rings. The zero-order valence-electron chi connectivity index (χ0n) is 14.9. The van der Waals surface area contributed by atoms with Crippen LogP contribution in [-0.4, -0.2) is 43.9 Å². The number of aliphatic hydroxyl groups is 1. The Morgan fingerprint density at radius 2 is 2.04 bits per heavy atom. The van der Waals surface area contributed by atoms with Gasteiger partial charge in [-0.05, 0) is 26.1 Å². The van der Waals surface area contributed by atoms with E-state index in [2.05, 4.69) is 21.9 Å². The molecular weight excluding hydrogens is 415 g/mol. The number of nitrogens with zero attached hydrogens (tertiary/aromatic N) is 4. The van der Waals surface area contributed by atoms with Crippen LogP contribution in [0.1, 0.15) is 25.3 Å². The zero-order chi connectivity index (χ0) is 18.0. The number of hydrogen-bond acceptors (Lipinski definition) is 4. The van der Waals surface area contributed by atoms with Gasteiger partial charge in [0.05, 0.1) is 6.54 Å². The minimum absolute atomic E-state index is 0. The molecular formula is C18H23F2N4OY-. The molecule has 0 unspecified atom stereocenters. The molecule has 1 radical (unpaired) electrons. The summed E-state index contributed by atoms with van der Waals surface area (Å²) < 4.78 is 29.3. The molecule has 0 spiro atoms. The van der Waals surface area contributed by atoms with E-state index in [9.17, 15) is 13.9 Å². The number of aromatic nitrogens is 3. The monoisotopic (exact) mass is 438 g/mol. The van der Waals surface area contributed by atoms with Crippen molar-refractivity contribution >= 4 is 0 Å². The standard InChI is InChI=1S/C18H23F2N4O.Y/c1-13-5-7-23(8-6-13)14(2)18(25,10-24-12-21-11-22-24)16-4-3-15(19)9-17(16)20;/h3-4,9,11-14,25H,1,5-8,10H2,2H3;/q-1;/t14-,18-;/m1./s1. The first-order valence-electron chi connectivity index (χ1n) is 8.47. The van der Waals surface area contributed by atoms with Crippen molar-refractivity contribution in [2.45, 2.75) is 38.0 Å². The summed E-state index contributed by atoms with van der Waals surface area (Å²) in [5.41, 5.74) is -1.51. The Bertz CT molecular complexity index is 707. The average Bonchev–Trinajstić information content (AvgIpc) is 3.07. The van der Waals surface area contributed by atoms with E-state index in [0.29, 0.717) is 5.92 Å². The van der Waals surface area contributed by atoms with E-state index in [-0.39, 0.29) is 50.9 Å². The van der Waals surface area contributed by atoms with Gasteiger partial charge >= 0.3 is 0 Å². The average molecular weight is 438 g/mol. The maximum Gasteiger partial charge on any atom is 0.137 e. The molecule has 2 heterocycles. The third kappa shape index (κ3) is 4.56. The molecule has 8 heteroatoms. The smallest absolute Gasteiger partial charge is 0.137 e. The molecule has 1 aromatic carbocycles. The van der Waals surface area contributed by atoms with E-state index in [1.165, 1.54) is 29.5 Å². The first kappa shape index (κ1) is 21.5. The molecule has 0 amide bonds. The molecule has 0 aliphatic carbocycles. The van der Waals surface area contributed by atoms with Crippen LogP contribution in [0.4, 0.5) is 8.78 Å². The van der Waals surface area contributed by atoms with Crippen LogP contribution in [0.25, 0.3) is 0 Å². The predicted octanol–water partition coefficient (Wildman–Crippen LogP) is 2.38. The second-order valence-corrected chi connectivity index (χ2v) is 6.80. The van der Waals surface area contributed by atoms with Crippen LogP contribution in [0.2, 0.25) is 0 Å². The van der Waals surface area contributed by atoms with E-state index in [1.807, 2.05) is 6.92 Å². The van der Waals surface area contributed by atoms with Gasteiger partial charge in [-0.2, -0.15) is 11.0 Å². The number of likely N-dealkylation sites (tertiary alicyclic amines) is 1. The number of hydrogen-bond donors (Lipinski definition) is 1. The Hall–Kier alpha value is -0.756. The first-order valence-corrected chi connectivity index (χ1v) is 8.47. The molecule has 3 rings (SSSR count). The van der Waals surface area contributed by atoms with E-state index in [0.717, 1.165) is 32.0 Å². The van der Waals surface area contributed by atoms with E-state index < -0.39 is 17.2 Å². The van der Waals surface area contributed by atoms with Gasteiger partial charge in [0.1, 0.15) is 29.9 Å². The van der Waals surface area contributed by atoms with E-state index in [4.69, 9.17) is 0 Å². The van der Waals surface area contributed by atoms with Crippen LogP contribution in [-0.2, 0) is 44.9 Å². The maximum atomic E-state index is 14.5. The molecule has 1 saturated heterocycles. The Labute approximate surface area is 177 Å². The molecule has 139 valence electrons. The third-order valence-electron chi connectivity index (χ3n) is 5.16. The molecule has 2 aromatic rings. The molecule has 1 aromatic heterocycles. The minimum atomic E-state index is -1.57. The molecule has 0 bridgehead atoms. The molecule has 5 nitrogen and oxygen atoms in total. The molecule has 1 N–H and O–H groups in total. The summed E-state index contributed by atoms with van der Waals surface area (Å²) in [6.07, 6.45) is 4.69. The van der Waals surface area contributed by atoms with Crippen LogP contribution < -0.4 is 0 Å². The van der Waals surface area contributed by atoms with Gasteiger partial charge in [-0.25, -0.2) is 18.4 Å². The third-order valence-corrected chi connectivity index (χ3v) is 5.16.